The molecule has 0 amide bonds. The molecule has 0 aromatic heterocycles. The zero-order valence-corrected chi connectivity index (χ0v) is 12.2. The fraction of sp³-hybridized carbons (Fsp3) is 0.235. The molecule has 1 atom stereocenters. The molecule has 0 spiro atoms. The summed E-state index contributed by atoms with van der Waals surface area (Å²) in [6, 6.07) is 14.5. The first-order valence-electron chi connectivity index (χ1n) is 6.71. The maximum absolute atomic E-state index is 11.6. The largest absolute Gasteiger partial charge is 0.490 e. The van der Waals surface area contributed by atoms with Crippen LogP contribution in [0.5, 0.6) is 5.75 Å². The van der Waals surface area contributed by atoms with E-state index in [4.69, 9.17) is 10.5 Å². The van der Waals surface area contributed by atoms with Gasteiger partial charge in [-0.25, -0.2) is 4.79 Å². The number of ether oxygens (including phenoxy) is 1. The second-order valence-electron chi connectivity index (χ2n) is 5.20. The van der Waals surface area contributed by atoms with Gasteiger partial charge in [-0.3, -0.25) is 0 Å². The van der Waals surface area contributed by atoms with E-state index in [-0.39, 0.29) is 6.61 Å². The molecule has 2 aromatic rings. The average molecular weight is 285 g/mol. The normalized spacial score (nSPS) is 13.5. The molecular weight excluding hydrogens is 266 g/mol. The van der Waals surface area contributed by atoms with E-state index in [1.807, 2.05) is 38.1 Å². The van der Waals surface area contributed by atoms with Gasteiger partial charge in [0.15, 0.2) is 5.54 Å². The Kier molecular flexibility index (Phi) is 4.29. The van der Waals surface area contributed by atoms with Crippen LogP contribution >= 0.6 is 0 Å². The molecule has 0 fully saturated rings. The molecule has 0 aliphatic carbocycles. The van der Waals surface area contributed by atoms with E-state index in [0.29, 0.717) is 11.3 Å². The predicted octanol–water partition coefficient (Wildman–Crippen LogP) is 2.62. The van der Waals surface area contributed by atoms with E-state index in [9.17, 15) is 9.90 Å². The van der Waals surface area contributed by atoms with Crippen molar-refractivity contribution < 1.29 is 14.6 Å². The monoisotopic (exact) mass is 285 g/mol. The van der Waals surface area contributed by atoms with E-state index in [2.05, 4.69) is 0 Å². The molecule has 0 aliphatic rings. The van der Waals surface area contributed by atoms with Gasteiger partial charge < -0.3 is 15.6 Å². The van der Waals surface area contributed by atoms with Gasteiger partial charge in [-0.05, 0) is 36.6 Å². The number of carboxylic acids is 1. The molecule has 0 saturated heterocycles. The van der Waals surface area contributed by atoms with Crippen LogP contribution in [0.4, 0.5) is 0 Å². The van der Waals surface area contributed by atoms with Crippen molar-refractivity contribution in [2.75, 3.05) is 6.61 Å². The molecule has 0 heterocycles. The molecule has 0 radical (unpaired) electrons. The van der Waals surface area contributed by atoms with Crippen molar-refractivity contribution in [2.45, 2.75) is 19.4 Å². The van der Waals surface area contributed by atoms with Crippen LogP contribution in [0.15, 0.2) is 48.5 Å². The summed E-state index contributed by atoms with van der Waals surface area (Å²) in [5.41, 5.74) is 7.01. The van der Waals surface area contributed by atoms with Crippen molar-refractivity contribution in [2.24, 2.45) is 5.73 Å². The molecular formula is C17H19NO3. The van der Waals surface area contributed by atoms with E-state index in [1.54, 1.807) is 24.3 Å². The molecule has 4 nitrogen and oxygen atoms in total. The van der Waals surface area contributed by atoms with E-state index < -0.39 is 11.5 Å². The lowest BCUT2D eigenvalue weighted by molar-refractivity contribution is -0.145. The van der Waals surface area contributed by atoms with Crippen molar-refractivity contribution in [3.8, 4) is 5.75 Å². The molecule has 4 heteroatoms. The number of carbonyl (C=O) groups is 1. The fourth-order valence-corrected chi connectivity index (χ4v) is 2.06. The summed E-state index contributed by atoms with van der Waals surface area (Å²) >= 11 is 0. The number of benzene rings is 2. The van der Waals surface area contributed by atoms with Gasteiger partial charge in [0.2, 0.25) is 0 Å². The summed E-state index contributed by atoms with van der Waals surface area (Å²) in [5.74, 6) is -0.457. The van der Waals surface area contributed by atoms with Crippen LogP contribution in [-0.4, -0.2) is 17.7 Å². The lowest BCUT2D eigenvalue weighted by Gasteiger charge is -2.25. The highest BCUT2D eigenvalue weighted by molar-refractivity contribution is 5.80. The summed E-state index contributed by atoms with van der Waals surface area (Å²) < 4.78 is 5.69. The number of hydrogen-bond donors (Lipinski definition) is 2. The first-order valence-corrected chi connectivity index (χ1v) is 6.71. The summed E-state index contributed by atoms with van der Waals surface area (Å²) in [4.78, 5) is 11.6. The summed E-state index contributed by atoms with van der Waals surface area (Å²) in [5, 5.41) is 9.48. The Balaban J connectivity index is 2.26. The van der Waals surface area contributed by atoms with E-state index >= 15 is 0 Å². The Morgan fingerprint density at radius 2 is 1.86 bits per heavy atom. The minimum atomic E-state index is -1.57. The van der Waals surface area contributed by atoms with Crippen LogP contribution in [0.1, 0.15) is 16.7 Å². The van der Waals surface area contributed by atoms with Crippen molar-refractivity contribution in [3.05, 3.63) is 65.2 Å². The highest BCUT2D eigenvalue weighted by Crippen LogP contribution is 2.24. The lowest BCUT2D eigenvalue weighted by Crippen LogP contribution is -2.49. The van der Waals surface area contributed by atoms with Crippen LogP contribution in [0, 0.1) is 13.8 Å². The molecule has 0 saturated carbocycles. The second-order valence-corrected chi connectivity index (χ2v) is 5.20. The van der Waals surface area contributed by atoms with Gasteiger partial charge in [0.05, 0.1) is 0 Å². The van der Waals surface area contributed by atoms with Gasteiger partial charge in [0.25, 0.3) is 0 Å². The first kappa shape index (κ1) is 15.1. The average Bonchev–Trinajstić information content (AvgIpc) is 2.48. The van der Waals surface area contributed by atoms with Crippen LogP contribution in [0.2, 0.25) is 0 Å². The number of nitrogens with two attached hydrogens (primary N) is 1. The highest BCUT2D eigenvalue weighted by atomic mass is 16.5. The molecule has 0 bridgehead atoms. The SMILES string of the molecule is Cc1ccc(C)c(OCC(N)(C(=O)O)c2ccccc2)c1. The van der Waals surface area contributed by atoms with Gasteiger partial charge in [0, 0.05) is 0 Å². The van der Waals surface area contributed by atoms with Crippen molar-refractivity contribution in [3.63, 3.8) is 0 Å². The van der Waals surface area contributed by atoms with Gasteiger partial charge in [-0.15, -0.1) is 0 Å². The number of rotatable bonds is 5. The fourth-order valence-electron chi connectivity index (χ4n) is 2.06. The number of carboxylic acid groups (broad SMARTS) is 1. The van der Waals surface area contributed by atoms with Crippen molar-refractivity contribution in [1.82, 2.24) is 0 Å². The minimum absolute atomic E-state index is 0.128. The Bertz CT molecular complexity index is 640. The van der Waals surface area contributed by atoms with Gasteiger partial charge in [-0.2, -0.15) is 0 Å². The van der Waals surface area contributed by atoms with Crippen LogP contribution in [-0.2, 0) is 10.3 Å². The lowest BCUT2D eigenvalue weighted by atomic mass is 9.92. The third kappa shape index (κ3) is 3.23. The van der Waals surface area contributed by atoms with Gasteiger partial charge in [-0.1, -0.05) is 42.5 Å². The Morgan fingerprint density at radius 1 is 1.19 bits per heavy atom. The zero-order valence-electron chi connectivity index (χ0n) is 12.2. The quantitative estimate of drug-likeness (QED) is 0.885. The number of aryl methyl sites for hydroxylation is 2. The van der Waals surface area contributed by atoms with Gasteiger partial charge >= 0.3 is 5.97 Å². The Hall–Kier alpha value is -2.33. The third-order valence-electron chi connectivity index (χ3n) is 3.47. The molecule has 1 unspecified atom stereocenters. The van der Waals surface area contributed by atoms with Crippen LogP contribution in [0.25, 0.3) is 0 Å². The van der Waals surface area contributed by atoms with Crippen molar-refractivity contribution >= 4 is 5.97 Å². The highest BCUT2D eigenvalue weighted by Gasteiger charge is 2.37. The standard InChI is InChI=1S/C17H19NO3/c1-12-8-9-13(2)15(10-12)21-11-17(18,16(19)20)14-6-4-3-5-7-14/h3-10H,11,18H2,1-2H3,(H,19,20). The van der Waals surface area contributed by atoms with Crippen LogP contribution < -0.4 is 10.5 Å². The zero-order chi connectivity index (χ0) is 15.5. The van der Waals surface area contributed by atoms with E-state index in [0.717, 1.165) is 11.1 Å². The summed E-state index contributed by atoms with van der Waals surface area (Å²) in [6.45, 7) is 3.74. The molecule has 0 aliphatic heterocycles. The first-order chi connectivity index (χ1) is 9.93. The van der Waals surface area contributed by atoms with E-state index in [1.165, 1.54) is 0 Å². The van der Waals surface area contributed by atoms with Crippen LogP contribution in [0.3, 0.4) is 0 Å². The number of aliphatic carboxylic acids is 1. The Labute approximate surface area is 124 Å². The molecule has 21 heavy (non-hydrogen) atoms. The molecule has 2 aromatic carbocycles. The molecule has 2 rings (SSSR count). The minimum Gasteiger partial charge on any atom is -0.490 e. The maximum Gasteiger partial charge on any atom is 0.331 e. The summed E-state index contributed by atoms with van der Waals surface area (Å²) in [7, 11) is 0. The summed E-state index contributed by atoms with van der Waals surface area (Å²) in [6.07, 6.45) is 0. The molecule has 110 valence electrons. The second kappa shape index (κ2) is 5.97. The van der Waals surface area contributed by atoms with Crippen molar-refractivity contribution in [1.29, 1.82) is 0 Å². The smallest absolute Gasteiger partial charge is 0.331 e. The predicted molar refractivity (Wildman–Crippen MR) is 81.4 cm³/mol. The van der Waals surface area contributed by atoms with Gasteiger partial charge in [0.1, 0.15) is 12.4 Å². The topological polar surface area (TPSA) is 72.5 Å². The Morgan fingerprint density at radius 3 is 2.48 bits per heavy atom. The third-order valence-corrected chi connectivity index (χ3v) is 3.47. The number of hydrogen-bond acceptors (Lipinski definition) is 3. The molecule has 3 N–H and O–H groups in total. The maximum atomic E-state index is 11.6.